The lowest BCUT2D eigenvalue weighted by Gasteiger charge is -2.27. The monoisotopic (exact) mass is 419 g/mol. The van der Waals surface area contributed by atoms with E-state index in [-0.39, 0.29) is 0 Å². The summed E-state index contributed by atoms with van der Waals surface area (Å²) in [6, 6.07) is 10.3. The van der Waals surface area contributed by atoms with Crippen molar-refractivity contribution in [3.05, 3.63) is 76.4 Å². The van der Waals surface area contributed by atoms with E-state index in [1.165, 1.54) is 22.0 Å². The Morgan fingerprint density at radius 1 is 1.19 bits per heavy atom. The molecule has 1 N–H and O–H groups in total. The second-order valence-corrected chi connectivity index (χ2v) is 7.79. The van der Waals surface area contributed by atoms with Crippen LogP contribution < -0.4 is 0 Å². The maximum absolute atomic E-state index is 4.79. The first kappa shape index (κ1) is 16.6. The average molecular weight is 420 g/mol. The predicted octanol–water partition coefficient (Wildman–Crippen LogP) is 4.34. The van der Waals surface area contributed by atoms with Gasteiger partial charge in [-0.1, -0.05) is 22.0 Å². The van der Waals surface area contributed by atoms with Crippen LogP contribution in [0.2, 0.25) is 0 Å². The fourth-order valence-corrected chi connectivity index (χ4v) is 4.03. The Balaban J connectivity index is 1.36. The van der Waals surface area contributed by atoms with Crippen LogP contribution in [0.3, 0.4) is 0 Å². The topological polar surface area (TPSA) is 57.7 Å². The maximum atomic E-state index is 4.79. The van der Waals surface area contributed by atoms with Crippen LogP contribution in [-0.2, 0) is 19.5 Å². The van der Waals surface area contributed by atoms with Crippen LogP contribution in [0.1, 0.15) is 16.8 Å². The van der Waals surface area contributed by atoms with Crippen LogP contribution in [0.15, 0.2) is 59.6 Å². The summed E-state index contributed by atoms with van der Waals surface area (Å²) in [6.07, 6.45) is 8.62. The first-order chi connectivity index (χ1) is 13.3. The van der Waals surface area contributed by atoms with Gasteiger partial charge in [-0.3, -0.25) is 9.88 Å². The van der Waals surface area contributed by atoms with E-state index < -0.39 is 0 Å². The SMILES string of the molecule is Brc1ccc2c(CN3CCc4nc(-c5cccnc5)ncc4C3)c[nH]c2c1. The normalized spacial score (nSPS) is 14.4. The van der Waals surface area contributed by atoms with Gasteiger partial charge in [0.15, 0.2) is 5.82 Å². The van der Waals surface area contributed by atoms with Gasteiger partial charge in [0.05, 0.1) is 5.69 Å². The van der Waals surface area contributed by atoms with Crippen molar-refractivity contribution in [1.82, 2.24) is 24.8 Å². The predicted molar refractivity (Wildman–Crippen MR) is 109 cm³/mol. The van der Waals surface area contributed by atoms with Crippen LogP contribution >= 0.6 is 15.9 Å². The van der Waals surface area contributed by atoms with Gasteiger partial charge in [-0.15, -0.1) is 0 Å². The zero-order chi connectivity index (χ0) is 18.2. The molecule has 27 heavy (non-hydrogen) atoms. The summed E-state index contributed by atoms with van der Waals surface area (Å²) in [4.78, 5) is 19.3. The summed E-state index contributed by atoms with van der Waals surface area (Å²) in [7, 11) is 0. The average Bonchev–Trinajstić information content (AvgIpc) is 3.10. The molecule has 1 aliphatic heterocycles. The molecule has 0 aliphatic carbocycles. The summed E-state index contributed by atoms with van der Waals surface area (Å²) >= 11 is 3.53. The fraction of sp³-hybridized carbons (Fsp3) is 0.190. The molecule has 0 radical (unpaired) electrons. The number of aromatic nitrogens is 4. The zero-order valence-electron chi connectivity index (χ0n) is 14.7. The summed E-state index contributed by atoms with van der Waals surface area (Å²) in [5.41, 5.74) is 5.84. The van der Waals surface area contributed by atoms with Crippen LogP contribution in [0.25, 0.3) is 22.3 Å². The van der Waals surface area contributed by atoms with Gasteiger partial charge < -0.3 is 4.98 Å². The van der Waals surface area contributed by atoms with Crippen molar-refractivity contribution in [3.63, 3.8) is 0 Å². The van der Waals surface area contributed by atoms with Gasteiger partial charge in [-0.25, -0.2) is 9.97 Å². The summed E-state index contributed by atoms with van der Waals surface area (Å²) in [5, 5.41) is 1.28. The Kier molecular flexibility index (Phi) is 4.22. The van der Waals surface area contributed by atoms with Crippen LogP contribution in [0.5, 0.6) is 0 Å². The molecule has 0 saturated carbocycles. The molecule has 0 fully saturated rings. The highest BCUT2D eigenvalue weighted by atomic mass is 79.9. The van der Waals surface area contributed by atoms with E-state index in [1.54, 1.807) is 6.20 Å². The molecule has 6 heteroatoms. The quantitative estimate of drug-likeness (QED) is 0.536. The Labute approximate surface area is 165 Å². The van der Waals surface area contributed by atoms with Crippen molar-refractivity contribution < 1.29 is 0 Å². The minimum absolute atomic E-state index is 0.762. The van der Waals surface area contributed by atoms with Gasteiger partial charge in [0, 0.05) is 77.3 Å². The van der Waals surface area contributed by atoms with Crippen molar-refractivity contribution in [2.45, 2.75) is 19.5 Å². The largest absolute Gasteiger partial charge is 0.361 e. The molecule has 4 heterocycles. The Morgan fingerprint density at radius 3 is 3.04 bits per heavy atom. The van der Waals surface area contributed by atoms with E-state index in [0.717, 1.165) is 47.6 Å². The van der Waals surface area contributed by atoms with Crippen molar-refractivity contribution >= 4 is 26.8 Å². The Morgan fingerprint density at radius 2 is 2.15 bits per heavy atom. The number of pyridine rings is 1. The number of halogens is 1. The molecule has 0 bridgehead atoms. The van der Waals surface area contributed by atoms with Crippen molar-refractivity contribution in [2.75, 3.05) is 6.54 Å². The van der Waals surface area contributed by atoms with Gasteiger partial charge in [0.1, 0.15) is 0 Å². The van der Waals surface area contributed by atoms with Crippen LogP contribution in [0.4, 0.5) is 0 Å². The first-order valence-corrected chi connectivity index (χ1v) is 9.78. The van der Waals surface area contributed by atoms with E-state index in [1.807, 2.05) is 24.5 Å². The Bertz CT molecular complexity index is 1110. The lowest BCUT2D eigenvalue weighted by atomic mass is 10.1. The van der Waals surface area contributed by atoms with Gasteiger partial charge in [0.2, 0.25) is 0 Å². The summed E-state index contributed by atoms with van der Waals surface area (Å²) in [6.45, 7) is 2.80. The van der Waals surface area contributed by atoms with E-state index in [9.17, 15) is 0 Å². The van der Waals surface area contributed by atoms with E-state index in [4.69, 9.17) is 4.98 Å². The third-order valence-electron chi connectivity index (χ3n) is 5.06. The molecule has 0 saturated heterocycles. The minimum Gasteiger partial charge on any atom is -0.361 e. The zero-order valence-corrected chi connectivity index (χ0v) is 16.3. The standard InChI is InChI=1S/C21H18BrN5/c22-17-3-4-18-15(10-24-20(18)8-17)12-27-7-5-19-16(13-27)11-25-21(26-19)14-2-1-6-23-9-14/h1-4,6,8-11,24H,5,7,12-13H2. The smallest absolute Gasteiger partial charge is 0.160 e. The molecule has 134 valence electrons. The number of nitrogens with zero attached hydrogens (tertiary/aromatic N) is 4. The highest BCUT2D eigenvalue weighted by molar-refractivity contribution is 9.10. The van der Waals surface area contributed by atoms with E-state index in [2.05, 4.69) is 60.2 Å². The Hall–Kier alpha value is -2.57. The second-order valence-electron chi connectivity index (χ2n) is 6.87. The third kappa shape index (κ3) is 3.26. The maximum Gasteiger partial charge on any atom is 0.160 e. The van der Waals surface area contributed by atoms with E-state index >= 15 is 0 Å². The third-order valence-corrected chi connectivity index (χ3v) is 5.55. The molecule has 3 aromatic heterocycles. The summed E-state index contributed by atoms with van der Waals surface area (Å²) < 4.78 is 1.09. The lowest BCUT2D eigenvalue weighted by molar-refractivity contribution is 0.244. The molecular formula is C21H18BrN5. The second kappa shape index (κ2) is 6.87. The minimum atomic E-state index is 0.762. The molecular weight excluding hydrogens is 402 g/mol. The molecule has 5 nitrogen and oxygen atoms in total. The van der Waals surface area contributed by atoms with Crippen molar-refractivity contribution in [2.24, 2.45) is 0 Å². The fourth-order valence-electron chi connectivity index (χ4n) is 3.67. The number of hydrogen-bond donors (Lipinski definition) is 1. The molecule has 1 aromatic carbocycles. The van der Waals surface area contributed by atoms with Crippen LogP contribution in [-0.4, -0.2) is 31.4 Å². The van der Waals surface area contributed by atoms with Gasteiger partial charge in [-0.2, -0.15) is 0 Å². The van der Waals surface area contributed by atoms with Gasteiger partial charge in [-0.05, 0) is 29.8 Å². The van der Waals surface area contributed by atoms with Crippen LogP contribution in [0, 0.1) is 0 Å². The molecule has 5 rings (SSSR count). The molecule has 0 amide bonds. The lowest BCUT2D eigenvalue weighted by Crippen LogP contribution is -2.30. The number of rotatable bonds is 3. The van der Waals surface area contributed by atoms with Crippen molar-refractivity contribution in [1.29, 1.82) is 0 Å². The molecule has 0 spiro atoms. The van der Waals surface area contributed by atoms with E-state index in [0.29, 0.717) is 0 Å². The molecule has 4 aromatic rings. The van der Waals surface area contributed by atoms with Crippen molar-refractivity contribution in [3.8, 4) is 11.4 Å². The highest BCUT2D eigenvalue weighted by Crippen LogP contribution is 2.26. The van der Waals surface area contributed by atoms with Gasteiger partial charge in [0.25, 0.3) is 0 Å². The molecule has 1 aliphatic rings. The molecule has 0 atom stereocenters. The number of aromatic amines is 1. The number of H-pyrrole nitrogens is 1. The first-order valence-electron chi connectivity index (χ1n) is 8.99. The number of nitrogens with one attached hydrogen (secondary N) is 1. The number of hydrogen-bond acceptors (Lipinski definition) is 4. The molecule has 0 unspecified atom stereocenters. The number of benzene rings is 1. The number of fused-ring (bicyclic) bond motifs is 2. The van der Waals surface area contributed by atoms with Gasteiger partial charge >= 0.3 is 0 Å². The summed E-state index contributed by atoms with van der Waals surface area (Å²) in [5.74, 6) is 0.762. The highest BCUT2D eigenvalue weighted by Gasteiger charge is 2.20.